The van der Waals surface area contributed by atoms with Crippen LogP contribution in [0.1, 0.15) is 19.4 Å². The molecular weight excluding hydrogens is 360 g/mol. The van der Waals surface area contributed by atoms with E-state index in [1.54, 1.807) is 24.3 Å². The summed E-state index contributed by atoms with van der Waals surface area (Å²) < 4.78 is 15.8. The van der Waals surface area contributed by atoms with Gasteiger partial charge >= 0.3 is 0 Å². The molecule has 0 aliphatic carbocycles. The van der Waals surface area contributed by atoms with Crippen molar-refractivity contribution in [1.82, 2.24) is 0 Å². The zero-order chi connectivity index (χ0) is 20.7. The third-order valence-electron chi connectivity index (χ3n) is 3.64. The molecule has 2 aromatic rings. The van der Waals surface area contributed by atoms with Gasteiger partial charge in [-0.05, 0) is 49.8 Å². The Bertz CT molecular complexity index is 904. The van der Waals surface area contributed by atoms with Crippen molar-refractivity contribution in [2.24, 2.45) is 0 Å². The number of hydrogen-bond acceptors (Lipinski definition) is 6. The van der Waals surface area contributed by atoms with Gasteiger partial charge in [0.1, 0.15) is 17.4 Å². The lowest BCUT2D eigenvalue weighted by Crippen LogP contribution is -2.13. The van der Waals surface area contributed by atoms with Crippen molar-refractivity contribution < 1.29 is 24.1 Å². The molecule has 7 heteroatoms. The molecule has 7 nitrogen and oxygen atoms in total. The van der Waals surface area contributed by atoms with Crippen LogP contribution in [0, 0.1) is 11.3 Å². The first-order valence-corrected chi connectivity index (χ1v) is 8.52. The molecule has 0 fully saturated rings. The van der Waals surface area contributed by atoms with Crippen LogP contribution in [0.2, 0.25) is 0 Å². The largest absolute Gasteiger partial charge is 0.502 e. The molecule has 0 aliphatic heterocycles. The van der Waals surface area contributed by atoms with Crippen molar-refractivity contribution in [3.05, 3.63) is 47.5 Å². The molecule has 0 atom stereocenters. The topological polar surface area (TPSA) is 101 Å². The molecule has 0 saturated carbocycles. The van der Waals surface area contributed by atoms with E-state index in [0.29, 0.717) is 17.0 Å². The first-order chi connectivity index (χ1) is 13.4. The third-order valence-corrected chi connectivity index (χ3v) is 3.64. The van der Waals surface area contributed by atoms with Gasteiger partial charge in [0, 0.05) is 11.8 Å². The van der Waals surface area contributed by atoms with E-state index >= 15 is 0 Å². The number of methoxy groups -OCH3 is 2. The maximum absolute atomic E-state index is 12.5. The Morgan fingerprint density at radius 2 is 1.82 bits per heavy atom. The standard InChI is InChI=1S/C21H22N2O5/c1-13(2)28-17-7-5-6-16(11-17)23-21(25)15(12-22)8-14-9-18(26-3)20(24)19(10-14)27-4/h5-11,13,24H,1-4H3,(H,23,25)/b15-8-. The highest BCUT2D eigenvalue weighted by atomic mass is 16.5. The van der Waals surface area contributed by atoms with Crippen molar-refractivity contribution in [1.29, 1.82) is 5.26 Å². The minimum Gasteiger partial charge on any atom is -0.502 e. The molecule has 0 saturated heterocycles. The Balaban J connectivity index is 2.28. The number of nitrogens with one attached hydrogen (secondary N) is 1. The highest BCUT2D eigenvalue weighted by Gasteiger charge is 2.14. The number of aromatic hydroxyl groups is 1. The lowest BCUT2D eigenvalue weighted by Gasteiger charge is -2.11. The summed E-state index contributed by atoms with van der Waals surface area (Å²) in [5, 5.41) is 22.0. The summed E-state index contributed by atoms with van der Waals surface area (Å²) in [6.45, 7) is 3.81. The molecule has 1 amide bonds. The first kappa shape index (κ1) is 20.6. The SMILES string of the molecule is COc1cc(/C=C(/C#N)C(=O)Nc2cccc(OC(C)C)c2)cc(OC)c1O. The van der Waals surface area contributed by atoms with Crippen molar-refractivity contribution in [3.63, 3.8) is 0 Å². The maximum Gasteiger partial charge on any atom is 0.266 e. The molecule has 0 bridgehead atoms. The summed E-state index contributed by atoms with van der Waals surface area (Å²) in [6.07, 6.45) is 1.38. The fraction of sp³-hybridized carbons (Fsp3) is 0.238. The molecule has 0 unspecified atom stereocenters. The zero-order valence-electron chi connectivity index (χ0n) is 16.1. The summed E-state index contributed by atoms with van der Waals surface area (Å²) in [7, 11) is 2.79. The second-order valence-corrected chi connectivity index (χ2v) is 6.09. The second-order valence-electron chi connectivity index (χ2n) is 6.09. The van der Waals surface area contributed by atoms with Gasteiger partial charge in [-0.3, -0.25) is 4.79 Å². The van der Waals surface area contributed by atoms with Gasteiger partial charge in [0.05, 0.1) is 20.3 Å². The van der Waals surface area contributed by atoms with Gasteiger partial charge in [-0.2, -0.15) is 5.26 Å². The number of phenols is 1. The van der Waals surface area contributed by atoms with Gasteiger partial charge in [0.25, 0.3) is 5.91 Å². The number of phenolic OH excluding ortho intramolecular Hbond substituents is 1. The fourth-order valence-corrected chi connectivity index (χ4v) is 2.43. The van der Waals surface area contributed by atoms with Crippen LogP contribution in [-0.2, 0) is 4.79 Å². The maximum atomic E-state index is 12.5. The first-order valence-electron chi connectivity index (χ1n) is 8.52. The van der Waals surface area contributed by atoms with E-state index in [4.69, 9.17) is 14.2 Å². The minimum absolute atomic E-state index is 0.0000240. The summed E-state index contributed by atoms with van der Waals surface area (Å²) in [5.41, 5.74) is 0.852. The van der Waals surface area contributed by atoms with Crippen LogP contribution in [0.15, 0.2) is 42.0 Å². The Hall–Kier alpha value is -3.66. The number of benzene rings is 2. The van der Waals surface area contributed by atoms with Crippen molar-refractivity contribution >= 4 is 17.7 Å². The Kier molecular flexibility index (Phi) is 6.88. The molecule has 0 spiro atoms. The summed E-state index contributed by atoms with van der Waals surface area (Å²) in [6, 6.07) is 11.8. The highest BCUT2D eigenvalue weighted by Crippen LogP contribution is 2.37. The van der Waals surface area contributed by atoms with Gasteiger partial charge < -0.3 is 24.6 Å². The van der Waals surface area contributed by atoms with Crippen LogP contribution in [0.3, 0.4) is 0 Å². The Morgan fingerprint density at radius 3 is 2.36 bits per heavy atom. The average molecular weight is 382 g/mol. The molecular formula is C21H22N2O5. The normalized spacial score (nSPS) is 10.9. The van der Waals surface area contributed by atoms with Crippen LogP contribution >= 0.6 is 0 Å². The molecule has 28 heavy (non-hydrogen) atoms. The van der Waals surface area contributed by atoms with E-state index in [9.17, 15) is 15.2 Å². The zero-order valence-corrected chi connectivity index (χ0v) is 16.1. The average Bonchev–Trinajstić information content (AvgIpc) is 2.66. The van der Waals surface area contributed by atoms with Crippen LogP contribution in [0.25, 0.3) is 6.08 Å². The van der Waals surface area contributed by atoms with E-state index < -0.39 is 5.91 Å². The van der Waals surface area contributed by atoms with Gasteiger partial charge in [-0.25, -0.2) is 0 Å². The lowest BCUT2D eigenvalue weighted by molar-refractivity contribution is -0.112. The molecule has 2 rings (SSSR count). The van der Waals surface area contributed by atoms with Crippen molar-refractivity contribution in [2.45, 2.75) is 20.0 Å². The summed E-state index contributed by atoms with van der Waals surface area (Å²) >= 11 is 0. The molecule has 0 heterocycles. The number of anilines is 1. The van der Waals surface area contributed by atoms with Gasteiger partial charge in [-0.1, -0.05) is 6.07 Å². The van der Waals surface area contributed by atoms with Gasteiger partial charge in [-0.15, -0.1) is 0 Å². The molecule has 0 radical (unpaired) electrons. The molecule has 2 aromatic carbocycles. The predicted molar refractivity (Wildman–Crippen MR) is 106 cm³/mol. The molecule has 2 N–H and O–H groups in total. The predicted octanol–water partition coefficient (Wildman–Crippen LogP) is 3.74. The number of ether oxygens (including phenoxy) is 3. The summed E-state index contributed by atoms with van der Waals surface area (Å²) in [4.78, 5) is 12.5. The smallest absolute Gasteiger partial charge is 0.266 e. The van der Waals surface area contributed by atoms with Crippen LogP contribution in [0.4, 0.5) is 5.69 Å². The quantitative estimate of drug-likeness (QED) is 0.559. The summed E-state index contributed by atoms with van der Waals surface area (Å²) in [5.74, 6) is 0.217. The molecule has 0 aliphatic rings. The van der Waals surface area contributed by atoms with Crippen molar-refractivity contribution in [3.8, 4) is 29.1 Å². The van der Waals surface area contributed by atoms with Crippen LogP contribution in [0.5, 0.6) is 23.0 Å². The van der Waals surface area contributed by atoms with E-state index in [-0.39, 0.29) is 28.9 Å². The fourth-order valence-electron chi connectivity index (χ4n) is 2.43. The molecule has 0 aromatic heterocycles. The number of nitriles is 1. The monoisotopic (exact) mass is 382 g/mol. The van der Waals surface area contributed by atoms with E-state index in [2.05, 4.69) is 5.32 Å². The van der Waals surface area contributed by atoms with Crippen LogP contribution < -0.4 is 19.5 Å². The Labute approximate surface area is 163 Å². The highest BCUT2D eigenvalue weighted by molar-refractivity contribution is 6.09. The van der Waals surface area contributed by atoms with Crippen LogP contribution in [-0.4, -0.2) is 31.3 Å². The van der Waals surface area contributed by atoms with Crippen molar-refractivity contribution in [2.75, 3.05) is 19.5 Å². The molecule has 146 valence electrons. The number of amides is 1. The number of carbonyl (C=O) groups excluding carboxylic acids is 1. The van der Waals surface area contributed by atoms with Gasteiger partial charge in [0.15, 0.2) is 11.5 Å². The van der Waals surface area contributed by atoms with E-state index in [1.165, 1.54) is 32.4 Å². The van der Waals surface area contributed by atoms with Gasteiger partial charge in [0.2, 0.25) is 5.75 Å². The number of carbonyl (C=O) groups is 1. The number of rotatable bonds is 7. The number of nitrogens with zero attached hydrogens (tertiary/aromatic N) is 1. The Morgan fingerprint density at radius 1 is 1.18 bits per heavy atom. The van der Waals surface area contributed by atoms with E-state index in [0.717, 1.165) is 0 Å². The number of hydrogen-bond donors (Lipinski definition) is 2. The minimum atomic E-state index is -0.574. The van der Waals surface area contributed by atoms with E-state index in [1.807, 2.05) is 19.9 Å². The third kappa shape index (κ3) is 5.17. The second kappa shape index (κ2) is 9.33. The lowest BCUT2D eigenvalue weighted by atomic mass is 10.1.